The molecule has 0 saturated carbocycles. The van der Waals surface area contributed by atoms with Crippen molar-refractivity contribution in [1.82, 2.24) is 35.4 Å². The second-order valence-corrected chi connectivity index (χ2v) is 12.2. The van der Waals surface area contributed by atoms with E-state index in [9.17, 15) is 42.3 Å². The molecule has 2 aliphatic heterocycles. The molecule has 1 fully saturated rings. The molecule has 17 nitrogen and oxygen atoms in total. The number of carbonyl (C=O) groups excluding carboxylic acids is 3. The minimum absolute atomic E-state index is 0.00483. The summed E-state index contributed by atoms with van der Waals surface area (Å²) >= 11 is 8.56. The fraction of sp³-hybridized carbons (Fsp3) is 0.333. The van der Waals surface area contributed by atoms with Crippen LogP contribution >= 0.6 is 46.5 Å². The zero-order chi connectivity index (χ0) is 33.1. The maximum atomic E-state index is 13.2. The first kappa shape index (κ1) is 33.7. The van der Waals surface area contributed by atoms with Gasteiger partial charge in [-0.15, -0.1) is 16.9 Å². The number of aromatic nitrogens is 5. The number of hydrogen-bond acceptors (Lipinski definition) is 14. The zero-order valence-corrected chi connectivity index (χ0v) is 25.2. The summed E-state index contributed by atoms with van der Waals surface area (Å²) in [5.41, 5.74) is -1.14. The Bertz CT molecular complexity index is 1630. The maximum Gasteiger partial charge on any atom is 0.471 e. The first-order valence-electron chi connectivity index (χ1n) is 11.9. The second kappa shape index (κ2) is 13.8. The Kier molecular flexibility index (Phi) is 10.3. The smallest absolute Gasteiger partial charge is 0.471 e. The van der Waals surface area contributed by atoms with E-state index in [2.05, 4.69) is 37.6 Å². The number of amides is 3. The van der Waals surface area contributed by atoms with Crippen LogP contribution in [0, 0.1) is 0 Å². The van der Waals surface area contributed by atoms with Gasteiger partial charge in [0.15, 0.2) is 10.8 Å². The molecule has 2 aromatic rings. The highest BCUT2D eigenvalue weighted by molar-refractivity contribution is 8.01. The molecule has 0 bridgehead atoms. The van der Waals surface area contributed by atoms with E-state index in [-0.39, 0.29) is 33.3 Å². The summed E-state index contributed by atoms with van der Waals surface area (Å²) in [6.45, 7) is 2.69. The molecule has 1 saturated heterocycles. The molecule has 2 aliphatic rings. The summed E-state index contributed by atoms with van der Waals surface area (Å²) < 4.78 is 38.7. The number of rotatable bonds is 13. The minimum Gasteiger partial charge on any atom is -0.480 e. The van der Waals surface area contributed by atoms with Gasteiger partial charge in [0.2, 0.25) is 5.16 Å². The Morgan fingerprint density at radius 1 is 1.29 bits per heavy atom. The van der Waals surface area contributed by atoms with Crippen LogP contribution in [0.5, 0.6) is 0 Å². The third kappa shape index (κ3) is 7.54. The quantitative estimate of drug-likeness (QED) is 0.0563. The summed E-state index contributed by atoms with van der Waals surface area (Å²) in [7, 11) is 0. The minimum atomic E-state index is -5.23. The lowest BCUT2D eigenvalue weighted by Crippen LogP contribution is -2.71. The standard InChI is InChI=1S/C21H17ClF3N9O8S3/c1-2-3-42-30-10(9-13(22)45-19(27-9)28-18(41)21(23,24)25)14(37)26-11-15(38)34-12(17(39)40)7(5-43-16(11)34)6-44-20-29-31-32-33(20)4-8(35)36/h2,11,16H,1,3-6H2,(H,26,37)(H,35,36)(H,39,40)(H,27,28,41)/t11?,16-/m1/s1. The number of hydrogen-bond donors (Lipinski definition) is 4. The number of anilines is 1. The number of thioether (sulfide) groups is 2. The van der Waals surface area contributed by atoms with Crippen LogP contribution in [0.2, 0.25) is 4.34 Å². The van der Waals surface area contributed by atoms with Gasteiger partial charge in [0.1, 0.15) is 40.3 Å². The summed E-state index contributed by atoms with van der Waals surface area (Å²) in [4.78, 5) is 70.5. The van der Waals surface area contributed by atoms with Gasteiger partial charge in [0, 0.05) is 11.5 Å². The van der Waals surface area contributed by atoms with E-state index in [1.165, 1.54) is 11.4 Å². The fourth-order valence-corrected chi connectivity index (χ4v) is 7.10. The molecule has 1 unspecified atom stereocenters. The number of fused-ring (bicyclic) bond motifs is 1. The first-order chi connectivity index (χ1) is 21.2. The number of tetrazole rings is 1. The number of alkyl halides is 3. The number of halogens is 4. The average molecular weight is 712 g/mol. The Balaban J connectivity index is 1.51. The highest BCUT2D eigenvalue weighted by Crippen LogP contribution is 2.41. The molecule has 45 heavy (non-hydrogen) atoms. The number of β-lactam (4-membered cyclic amide) rings is 1. The lowest BCUT2D eigenvalue weighted by atomic mass is 10.0. The average Bonchev–Trinajstić information content (AvgIpc) is 3.56. The number of carboxylic acids is 2. The van der Waals surface area contributed by atoms with E-state index >= 15 is 0 Å². The van der Waals surface area contributed by atoms with Crippen LogP contribution in [-0.2, 0) is 35.4 Å². The molecule has 0 aliphatic carbocycles. The third-order valence-corrected chi connectivity index (χ3v) is 9.10. The van der Waals surface area contributed by atoms with Gasteiger partial charge in [-0.1, -0.05) is 52.5 Å². The van der Waals surface area contributed by atoms with Crippen LogP contribution < -0.4 is 10.6 Å². The highest BCUT2D eigenvalue weighted by atomic mass is 35.5. The second-order valence-electron chi connectivity index (χ2n) is 8.54. The lowest BCUT2D eigenvalue weighted by Gasteiger charge is -2.49. The predicted molar refractivity (Wildman–Crippen MR) is 150 cm³/mol. The van der Waals surface area contributed by atoms with E-state index < -0.39 is 70.3 Å². The molecule has 4 heterocycles. The topological polar surface area (TPSA) is 231 Å². The van der Waals surface area contributed by atoms with Crippen molar-refractivity contribution in [2.45, 2.75) is 29.3 Å². The highest BCUT2D eigenvalue weighted by Gasteiger charge is 2.54. The number of carboxylic acid groups (broad SMARTS) is 2. The molecule has 4 N–H and O–H groups in total. The van der Waals surface area contributed by atoms with Gasteiger partial charge >= 0.3 is 24.0 Å². The molecular weight excluding hydrogens is 695 g/mol. The van der Waals surface area contributed by atoms with Crippen LogP contribution in [0.1, 0.15) is 5.69 Å². The van der Waals surface area contributed by atoms with Crippen molar-refractivity contribution in [3.8, 4) is 0 Å². The van der Waals surface area contributed by atoms with Gasteiger partial charge in [-0.25, -0.2) is 14.5 Å². The Labute approximate surface area is 265 Å². The lowest BCUT2D eigenvalue weighted by molar-refractivity contribution is -0.167. The Morgan fingerprint density at radius 2 is 2.02 bits per heavy atom. The van der Waals surface area contributed by atoms with Crippen LogP contribution in [-0.4, -0.2) is 111 Å². The summed E-state index contributed by atoms with van der Waals surface area (Å²) in [5, 5.41) is 35.7. The van der Waals surface area contributed by atoms with Crippen molar-refractivity contribution in [1.29, 1.82) is 0 Å². The molecule has 0 radical (unpaired) electrons. The summed E-state index contributed by atoms with van der Waals surface area (Å²) in [6, 6.07) is -1.26. The van der Waals surface area contributed by atoms with Crippen LogP contribution in [0.4, 0.5) is 18.3 Å². The van der Waals surface area contributed by atoms with Crippen molar-refractivity contribution < 1.29 is 52.2 Å². The Hall–Kier alpha value is -4.22. The van der Waals surface area contributed by atoms with Gasteiger partial charge < -0.3 is 20.4 Å². The van der Waals surface area contributed by atoms with E-state index in [1.54, 1.807) is 0 Å². The number of nitrogens with one attached hydrogen (secondary N) is 2. The molecule has 240 valence electrons. The van der Waals surface area contributed by atoms with E-state index in [0.29, 0.717) is 16.9 Å². The molecule has 2 aromatic heterocycles. The van der Waals surface area contributed by atoms with Crippen molar-refractivity contribution in [3.05, 3.63) is 34.0 Å². The normalized spacial score (nSPS) is 18.2. The van der Waals surface area contributed by atoms with E-state index in [0.717, 1.165) is 33.1 Å². The Morgan fingerprint density at radius 3 is 2.67 bits per heavy atom. The summed E-state index contributed by atoms with van der Waals surface area (Å²) in [5.74, 6) is -6.76. The van der Waals surface area contributed by atoms with Gasteiger partial charge in [-0.3, -0.25) is 29.4 Å². The first-order valence-corrected chi connectivity index (χ1v) is 15.1. The molecule has 4 rings (SSSR count). The van der Waals surface area contributed by atoms with E-state index in [1.807, 2.05) is 0 Å². The number of aliphatic carboxylic acids is 2. The fourth-order valence-electron chi connectivity index (χ4n) is 3.70. The molecule has 0 spiro atoms. The van der Waals surface area contributed by atoms with Crippen molar-refractivity contribution in [3.63, 3.8) is 0 Å². The monoisotopic (exact) mass is 711 g/mol. The number of oxime groups is 1. The third-order valence-electron chi connectivity index (χ3n) is 5.55. The largest absolute Gasteiger partial charge is 0.480 e. The molecule has 24 heteroatoms. The maximum absolute atomic E-state index is 13.2. The van der Waals surface area contributed by atoms with Gasteiger partial charge in [-0.2, -0.15) is 13.2 Å². The zero-order valence-electron chi connectivity index (χ0n) is 22.0. The van der Waals surface area contributed by atoms with E-state index in [4.69, 9.17) is 21.5 Å². The molecule has 0 aromatic carbocycles. The molecule has 3 amide bonds. The van der Waals surface area contributed by atoms with Crippen molar-refractivity contribution in [2.75, 3.05) is 23.4 Å². The predicted octanol–water partition coefficient (Wildman–Crippen LogP) is 0.806. The SMILES string of the molecule is C=CCON=C(C(=O)NC1C(=O)N2C(C(=O)O)=C(CSc3nnnn3CC(=O)O)CS[C@H]12)c1nc(NC(=O)C(F)(F)F)sc1Cl. The van der Waals surface area contributed by atoms with Gasteiger partial charge in [0.05, 0.1) is 0 Å². The van der Waals surface area contributed by atoms with Crippen molar-refractivity contribution >= 4 is 87.0 Å². The van der Waals surface area contributed by atoms with Crippen LogP contribution in [0.25, 0.3) is 0 Å². The van der Waals surface area contributed by atoms with Gasteiger partial charge in [0.25, 0.3) is 11.8 Å². The number of carbonyl (C=O) groups is 5. The summed E-state index contributed by atoms with van der Waals surface area (Å²) in [6.07, 6.45) is -3.96. The molecule has 2 atom stereocenters. The van der Waals surface area contributed by atoms with Crippen LogP contribution in [0.3, 0.4) is 0 Å². The number of thiazole rings is 1. The van der Waals surface area contributed by atoms with Crippen LogP contribution in [0.15, 0.2) is 34.2 Å². The van der Waals surface area contributed by atoms with Crippen molar-refractivity contribution in [2.24, 2.45) is 5.16 Å². The molecular formula is C21H17ClF3N9O8S3. The number of nitrogens with zero attached hydrogens (tertiary/aromatic N) is 7. The van der Waals surface area contributed by atoms with Gasteiger partial charge in [-0.05, 0) is 16.0 Å².